The molecule has 1 aromatic rings. The van der Waals surface area contributed by atoms with Gasteiger partial charge in [0.1, 0.15) is 17.9 Å². The van der Waals surface area contributed by atoms with E-state index in [1.165, 1.54) is 12.7 Å². The third kappa shape index (κ3) is 2.95. The smallest absolute Gasteiger partial charge is 0.342 e. The molecule has 0 saturated carbocycles. The van der Waals surface area contributed by atoms with E-state index in [1.807, 2.05) is 6.92 Å². The minimum atomic E-state index is -0.472. The number of hydrogen-bond donors (Lipinski definition) is 1. The largest absolute Gasteiger partial charge is 0.507 e. The van der Waals surface area contributed by atoms with Crippen molar-refractivity contribution >= 4 is 18.0 Å². The zero-order valence-electron chi connectivity index (χ0n) is 14.6. The van der Waals surface area contributed by atoms with E-state index in [-0.39, 0.29) is 29.8 Å². The molecule has 0 fully saturated rings. The maximum Gasteiger partial charge on any atom is 0.342 e. The highest BCUT2D eigenvalue weighted by Gasteiger charge is 2.33. The molecule has 0 spiro atoms. The van der Waals surface area contributed by atoms with Gasteiger partial charge in [0.2, 0.25) is 0 Å². The third-order valence-corrected chi connectivity index (χ3v) is 5.16. The van der Waals surface area contributed by atoms with Gasteiger partial charge in [0, 0.05) is 23.5 Å². The summed E-state index contributed by atoms with van der Waals surface area (Å²) in [7, 11) is 1.38. The number of allylic oxidation sites excluding steroid dienone is 2. The van der Waals surface area contributed by atoms with Gasteiger partial charge >= 0.3 is 11.9 Å². The Hall–Kier alpha value is -2.56. The normalized spacial score (nSPS) is 18.6. The van der Waals surface area contributed by atoms with Gasteiger partial charge in [-0.15, -0.1) is 0 Å². The predicted molar refractivity (Wildman–Crippen MR) is 93.4 cm³/mol. The van der Waals surface area contributed by atoms with Crippen LogP contribution in [-0.4, -0.2) is 24.2 Å². The lowest BCUT2D eigenvalue weighted by Gasteiger charge is -2.19. The van der Waals surface area contributed by atoms with E-state index in [2.05, 4.69) is 17.4 Å². The van der Waals surface area contributed by atoms with Gasteiger partial charge in [-0.05, 0) is 37.3 Å². The molecule has 0 amide bonds. The molecule has 3 rings (SSSR count). The fourth-order valence-electron chi connectivity index (χ4n) is 3.80. The van der Waals surface area contributed by atoms with Gasteiger partial charge in [-0.3, -0.25) is 4.79 Å². The minimum absolute atomic E-state index is 0.00181. The fraction of sp³-hybridized carbons (Fsp3) is 0.400. The lowest BCUT2D eigenvalue weighted by Crippen LogP contribution is -2.05. The van der Waals surface area contributed by atoms with Gasteiger partial charge in [-0.25, -0.2) is 4.79 Å². The first-order valence-electron chi connectivity index (χ1n) is 8.42. The summed E-state index contributed by atoms with van der Waals surface area (Å²) < 4.78 is 9.78. The van der Waals surface area contributed by atoms with E-state index >= 15 is 0 Å². The first-order valence-corrected chi connectivity index (χ1v) is 8.42. The maximum absolute atomic E-state index is 12.0. The lowest BCUT2D eigenvalue weighted by atomic mass is 9.85. The highest BCUT2D eigenvalue weighted by molar-refractivity contribution is 5.98. The number of hydrogen-bond acceptors (Lipinski definition) is 5. The summed E-state index contributed by atoms with van der Waals surface area (Å²) in [5.41, 5.74) is 4.73. The molecule has 1 unspecified atom stereocenters. The van der Waals surface area contributed by atoms with Gasteiger partial charge in [0.25, 0.3) is 0 Å². The number of phenolic OH excluding ortho intramolecular Hbond substituents is 1. The Morgan fingerprint density at radius 3 is 2.96 bits per heavy atom. The molecular weight excluding hydrogens is 320 g/mol. The molecule has 1 aromatic carbocycles. The average molecular weight is 342 g/mol. The number of phenols is 1. The number of ether oxygens (including phenoxy) is 2. The van der Waals surface area contributed by atoms with Crippen molar-refractivity contribution in [1.29, 1.82) is 0 Å². The van der Waals surface area contributed by atoms with Gasteiger partial charge in [0.05, 0.1) is 7.11 Å². The zero-order chi connectivity index (χ0) is 18.1. The number of methoxy groups -OCH3 is 1. The van der Waals surface area contributed by atoms with Crippen LogP contribution in [0.1, 0.15) is 64.2 Å². The average Bonchev–Trinajstić information content (AvgIpc) is 3.22. The van der Waals surface area contributed by atoms with Crippen molar-refractivity contribution in [2.75, 3.05) is 7.11 Å². The second-order valence-electron chi connectivity index (χ2n) is 6.48. The standard InChI is InChI=1S/C20H22O5/c1-4-14-11(2)15-10-25-20(23)18(15)19(22)17(14)13-7-5-12(9-13)6-8-16(21)24-3/h4,9,13,22H,1,5-8,10H2,2-3H3. The highest BCUT2D eigenvalue weighted by atomic mass is 16.5. The first kappa shape index (κ1) is 17.3. The van der Waals surface area contributed by atoms with Gasteiger partial charge in [0.15, 0.2) is 0 Å². The van der Waals surface area contributed by atoms with E-state index in [0.717, 1.165) is 35.1 Å². The number of cyclic esters (lactones) is 1. The van der Waals surface area contributed by atoms with Crippen molar-refractivity contribution in [2.45, 2.75) is 45.1 Å². The molecule has 1 aliphatic heterocycles. The summed E-state index contributed by atoms with van der Waals surface area (Å²) in [4.78, 5) is 23.3. The molecule has 132 valence electrons. The number of rotatable bonds is 5. The number of esters is 2. The van der Waals surface area contributed by atoms with Crippen molar-refractivity contribution in [3.05, 3.63) is 46.0 Å². The van der Waals surface area contributed by atoms with E-state index in [1.54, 1.807) is 6.08 Å². The Balaban J connectivity index is 1.98. The topological polar surface area (TPSA) is 72.8 Å². The van der Waals surface area contributed by atoms with Crippen LogP contribution >= 0.6 is 0 Å². The molecule has 0 aromatic heterocycles. The molecule has 1 atom stereocenters. The van der Waals surface area contributed by atoms with Crippen LogP contribution in [0.2, 0.25) is 0 Å². The number of carbonyl (C=O) groups excluding carboxylic acids is 2. The SMILES string of the molecule is C=Cc1c(C)c2c(c(O)c1C1C=C(CCC(=O)OC)CC1)C(=O)OC2. The Morgan fingerprint density at radius 2 is 2.28 bits per heavy atom. The van der Waals surface area contributed by atoms with Crippen LogP contribution in [0.15, 0.2) is 18.2 Å². The van der Waals surface area contributed by atoms with E-state index in [0.29, 0.717) is 12.8 Å². The van der Waals surface area contributed by atoms with Crippen molar-refractivity contribution < 1.29 is 24.2 Å². The molecule has 1 N–H and O–H groups in total. The van der Waals surface area contributed by atoms with Crippen LogP contribution in [0.3, 0.4) is 0 Å². The first-order chi connectivity index (χ1) is 12.0. The maximum atomic E-state index is 12.0. The van der Waals surface area contributed by atoms with Crippen LogP contribution in [0.25, 0.3) is 6.08 Å². The van der Waals surface area contributed by atoms with E-state index < -0.39 is 5.97 Å². The van der Waals surface area contributed by atoms with Crippen LogP contribution < -0.4 is 0 Å². The number of aromatic hydroxyl groups is 1. The predicted octanol–water partition coefficient (Wildman–Crippen LogP) is 3.77. The summed E-state index contributed by atoms with van der Waals surface area (Å²) in [6, 6.07) is 0. The van der Waals surface area contributed by atoms with Crippen LogP contribution in [0.4, 0.5) is 0 Å². The Labute approximate surface area is 146 Å². The Kier molecular flexibility index (Phi) is 4.66. The van der Waals surface area contributed by atoms with Gasteiger partial charge in [-0.1, -0.05) is 24.3 Å². The molecule has 0 bridgehead atoms. The van der Waals surface area contributed by atoms with E-state index in [9.17, 15) is 14.7 Å². The highest BCUT2D eigenvalue weighted by Crippen LogP contribution is 2.46. The quantitative estimate of drug-likeness (QED) is 0.651. The Bertz CT molecular complexity index is 788. The summed E-state index contributed by atoms with van der Waals surface area (Å²) in [6.45, 7) is 6.00. The second kappa shape index (κ2) is 6.75. The monoisotopic (exact) mass is 342 g/mol. The third-order valence-electron chi connectivity index (χ3n) is 5.16. The number of fused-ring (bicyclic) bond motifs is 1. The van der Waals surface area contributed by atoms with Crippen molar-refractivity contribution in [1.82, 2.24) is 0 Å². The van der Waals surface area contributed by atoms with Crippen LogP contribution in [0, 0.1) is 6.92 Å². The minimum Gasteiger partial charge on any atom is -0.507 e. The molecule has 5 nitrogen and oxygen atoms in total. The van der Waals surface area contributed by atoms with Crippen molar-refractivity contribution in [3.8, 4) is 5.75 Å². The molecule has 1 aliphatic carbocycles. The zero-order valence-corrected chi connectivity index (χ0v) is 14.6. The summed E-state index contributed by atoms with van der Waals surface area (Å²) in [6.07, 6.45) is 6.52. The van der Waals surface area contributed by atoms with Crippen LogP contribution in [0.5, 0.6) is 5.75 Å². The summed E-state index contributed by atoms with van der Waals surface area (Å²) in [5.74, 6) is -0.693. The number of benzene rings is 1. The summed E-state index contributed by atoms with van der Waals surface area (Å²) in [5, 5.41) is 10.8. The molecule has 5 heteroatoms. The molecule has 25 heavy (non-hydrogen) atoms. The molecule has 0 saturated heterocycles. The van der Waals surface area contributed by atoms with Crippen LogP contribution in [-0.2, 0) is 20.9 Å². The van der Waals surface area contributed by atoms with E-state index in [4.69, 9.17) is 4.74 Å². The van der Waals surface area contributed by atoms with Gasteiger partial charge in [-0.2, -0.15) is 0 Å². The number of carbonyl (C=O) groups is 2. The lowest BCUT2D eigenvalue weighted by molar-refractivity contribution is -0.140. The molecular formula is C20H22O5. The molecule has 0 radical (unpaired) electrons. The summed E-state index contributed by atoms with van der Waals surface area (Å²) >= 11 is 0. The second-order valence-corrected chi connectivity index (χ2v) is 6.48. The van der Waals surface area contributed by atoms with Crippen molar-refractivity contribution in [2.24, 2.45) is 0 Å². The van der Waals surface area contributed by atoms with Crippen molar-refractivity contribution in [3.63, 3.8) is 0 Å². The molecule has 2 aliphatic rings. The van der Waals surface area contributed by atoms with Gasteiger partial charge < -0.3 is 14.6 Å². The fourth-order valence-corrected chi connectivity index (χ4v) is 3.80. The Morgan fingerprint density at radius 1 is 1.52 bits per heavy atom. The molecule has 1 heterocycles.